The summed E-state index contributed by atoms with van der Waals surface area (Å²) in [5.41, 5.74) is 10.9. The van der Waals surface area contributed by atoms with Gasteiger partial charge < -0.3 is 36.8 Å². The lowest BCUT2D eigenvalue weighted by atomic mass is 10.1. The summed E-state index contributed by atoms with van der Waals surface area (Å²) < 4.78 is 0. The Balaban J connectivity index is 2.10. The molecule has 11 nitrogen and oxygen atoms in total. The Morgan fingerprint density at radius 2 is 1.68 bits per heavy atom. The van der Waals surface area contributed by atoms with Crippen LogP contribution in [-0.4, -0.2) is 93.6 Å². The van der Waals surface area contributed by atoms with Gasteiger partial charge in [-0.05, 0) is 32.6 Å². The summed E-state index contributed by atoms with van der Waals surface area (Å²) >= 11 is 0. The predicted molar refractivity (Wildman–Crippen MR) is 97.3 cm³/mol. The number of aliphatic hydroxyl groups excluding tert-OH is 2. The molecule has 0 aromatic heterocycles. The summed E-state index contributed by atoms with van der Waals surface area (Å²) in [5.74, 6) is -2.30. The molecule has 0 spiro atoms. The third-order valence-corrected chi connectivity index (χ3v) is 5.31. The molecule has 2 aliphatic heterocycles. The van der Waals surface area contributed by atoms with E-state index in [0.717, 1.165) is 0 Å². The van der Waals surface area contributed by atoms with Crippen molar-refractivity contribution >= 4 is 23.6 Å². The van der Waals surface area contributed by atoms with Crippen molar-refractivity contribution < 1.29 is 29.4 Å². The third kappa shape index (κ3) is 4.59. The number of hydrogen-bond donors (Lipinski definition) is 5. The zero-order chi connectivity index (χ0) is 21.0. The normalized spacial score (nSPS) is 25.3. The van der Waals surface area contributed by atoms with Crippen molar-refractivity contribution in [3.8, 4) is 0 Å². The summed E-state index contributed by atoms with van der Waals surface area (Å²) in [5, 5.41) is 21.1. The number of hydrogen-bond acceptors (Lipinski definition) is 7. The van der Waals surface area contributed by atoms with E-state index < -0.39 is 54.6 Å². The quantitative estimate of drug-likeness (QED) is 0.296. The molecule has 158 valence electrons. The zero-order valence-corrected chi connectivity index (χ0v) is 15.9. The number of nitrogens with two attached hydrogens (primary N) is 2. The number of rotatable bonds is 7. The Morgan fingerprint density at radius 3 is 2.21 bits per heavy atom. The van der Waals surface area contributed by atoms with E-state index in [1.54, 1.807) is 0 Å². The van der Waals surface area contributed by atoms with Crippen LogP contribution in [0.25, 0.3) is 0 Å². The van der Waals surface area contributed by atoms with Crippen molar-refractivity contribution in [1.29, 1.82) is 0 Å². The number of carbonyl (C=O) groups is 4. The van der Waals surface area contributed by atoms with Gasteiger partial charge in [-0.25, -0.2) is 0 Å². The van der Waals surface area contributed by atoms with Gasteiger partial charge in [0, 0.05) is 13.1 Å². The molecule has 2 fully saturated rings. The van der Waals surface area contributed by atoms with Gasteiger partial charge in [-0.1, -0.05) is 0 Å². The maximum atomic E-state index is 13.1. The first-order valence-corrected chi connectivity index (χ1v) is 9.44. The van der Waals surface area contributed by atoms with Gasteiger partial charge in [0.25, 0.3) is 0 Å². The number of nitrogens with one attached hydrogen (secondary N) is 1. The van der Waals surface area contributed by atoms with Crippen LogP contribution in [-0.2, 0) is 19.2 Å². The lowest BCUT2D eigenvalue weighted by Crippen LogP contribution is -2.58. The molecule has 0 saturated carbocycles. The fourth-order valence-corrected chi connectivity index (χ4v) is 3.65. The van der Waals surface area contributed by atoms with Gasteiger partial charge in [-0.2, -0.15) is 0 Å². The van der Waals surface area contributed by atoms with Crippen molar-refractivity contribution in [2.24, 2.45) is 11.5 Å². The summed E-state index contributed by atoms with van der Waals surface area (Å²) in [6.45, 7) is 1.48. The second-order valence-electron chi connectivity index (χ2n) is 7.29. The van der Waals surface area contributed by atoms with Gasteiger partial charge in [0.1, 0.15) is 24.2 Å². The predicted octanol–water partition coefficient (Wildman–Crippen LogP) is -3.36. The smallest absolute Gasteiger partial charge is 0.246 e. The molecule has 4 amide bonds. The molecule has 0 radical (unpaired) electrons. The van der Waals surface area contributed by atoms with E-state index in [1.807, 2.05) is 0 Å². The van der Waals surface area contributed by atoms with Crippen molar-refractivity contribution in [2.75, 3.05) is 19.7 Å². The van der Waals surface area contributed by atoms with Crippen LogP contribution in [0, 0.1) is 0 Å². The minimum Gasteiger partial charge on any atom is -0.394 e. The van der Waals surface area contributed by atoms with Crippen molar-refractivity contribution in [2.45, 2.75) is 62.9 Å². The topological polar surface area (TPSA) is 179 Å². The number of primary amides is 1. The van der Waals surface area contributed by atoms with Crippen LogP contribution in [0.1, 0.15) is 32.6 Å². The molecular formula is C17H29N5O6. The van der Waals surface area contributed by atoms with E-state index in [2.05, 4.69) is 5.32 Å². The van der Waals surface area contributed by atoms with Gasteiger partial charge in [0.2, 0.25) is 23.6 Å². The molecule has 7 N–H and O–H groups in total. The van der Waals surface area contributed by atoms with Crippen LogP contribution in [0.4, 0.5) is 0 Å². The first kappa shape index (κ1) is 22.1. The Kier molecular flexibility index (Phi) is 7.33. The minimum absolute atomic E-state index is 0.346. The van der Waals surface area contributed by atoms with E-state index in [-0.39, 0.29) is 5.91 Å². The highest BCUT2D eigenvalue weighted by molar-refractivity contribution is 5.95. The molecule has 11 heteroatoms. The number of carbonyl (C=O) groups excluding carboxylic acids is 4. The van der Waals surface area contributed by atoms with Crippen LogP contribution in [0.2, 0.25) is 0 Å². The van der Waals surface area contributed by atoms with E-state index in [4.69, 9.17) is 16.6 Å². The molecule has 2 heterocycles. The van der Waals surface area contributed by atoms with Gasteiger partial charge >= 0.3 is 0 Å². The molecule has 5 unspecified atom stereocenters. The number of amides is 4. The van der Waals surface area contributed by atoms with Crippen molar-refractivity contribution in [3.63, 3.8) is 0 Å². The van der Waals surface area contributed by atoms with Crippen LogP contribution in [0.3, 0.4) is 0 Å². The van der Waals surface area contributed by atoms with Gasteiger partial charge in [-0.15, -0.1) is 0 Å². The van der Waals surface area contributed by atoms with Crippen LogP contribution in [0.5, 0.6) is 0 Å². The summed E-state index contributed by atoms with van der Waals surface area (Å²) in [7, 11) is 0. The third-order valence-electron chi connectivity index (χ3n) is 5.31. The van der Waals surface area contributed by atoms with Gasteiger partial charge in [0.05, 0.1) is 12.7 Å². The van der Waals surface area contributed by atoms with Gasteiger partial charge in [-0.3, -0.25) is 19.2 Å². The maximum absolute atomic E-state index is 13.1. The molecule has 2 aliphatic rings. The second kappa shape index (κ2) is 9.30. The molecule has 0 aromatic rings. The number of aliphatic hydroxyl groups is 2. The molecule has 0 aliphatic carbocycles. The molecule has 28 heavy (non-hydrogen) atoms. The molecule has 0 aromatic carbocycles. The molecule has 0 bridgehead atoms. The Bertz CT molecular complexity index is 627. The van der Waals surface area contributed by atoms with E-state index in [0.29, 0.717) is 38.8 Å². The summed E-state index contributed by atoms with van der Waals surface area (Å²) in [4.78, 5) is 52.1. The Labute approximate surface area is 163 Å². The van der Waals surface area contributed by atoms with E-state index in [9.17, 15) is 24.3 Å². The zero-order valence-electron chi connectivity index (χ0n) is 15.9. The standard InChI is InChI=1S/C17H29N5O6/c1-9(24)13(18)17(28)22-7-3-5-12(22)16(27)21-6-2-4-11(21)15(26)20-10(8-23)14(19)25/h9-13,23-24H,2-8,18H2,1H3,(H2,19,25)(H,20,26). The monoisotopic (exact) mass is 399 g/mol. The van der Waals surface area contributed by atoms with Crippen LogP contribution >= 0.6 is 0 Å². The Morgan fingerprint density at radius 1 is 1.11 bits per heavy atom. The highest BCUT2D eigenvalue weighted by Gasteiger charge is 2.43. The number of nitrogens with zero attached hydrogens (tertiary/aromatic N) is 2. The van der Waals surface area contributed by atoms with E-state index >= 15 is 0 Å². The largest absolute Gasteiger partial charge is 0.394 e. The van der Waals surface area contributed by atoms with E-state index in [1.165, 1.54) is 16.7 Å². The van der Waals surface area contributed by atoms with Crippen LogP contribution < -0.4 is 16.8 Å². The van der Waals surface area contributed by atoms with Crippen LogP contribution in [0.15, 0.2) is 0 Å². The van der Waals surface area contributed by atoms with Crippen molar-refractivity contribution in [3.05, 3.63) is 0 Å². The summed E-state index contributed by atoms with van der Waals surface area (Å²) in [6.07, 6.45) is 1.02. The second-order valence-corrected chi connectivity index (χ2v) is 7.29. The lowest BCUT2D eigenvalue weighted by Gasteiger charge is -2.32. The van der Waals surface area contributed by atoms with Crippen molar-refractivity contribution in [1.82, 2.24) is 15.1 Å². The molecular weight excluding hydrogens is 370 g/mol. The first-order chi connectivity index (χ1) is 13.2. The summed E-state index contributed by atoms with van der Waals surface area (Å²) in [6, 6.07) is -3.88. The minimum atomic E-state index is -1.22. The fourth-order valence-electron chi connectivity index (χ4n) is 3.65. The molecule has 2 saturated heterocycles. The first-order valence-electron chi connectivity index (χ1n) is 9.44. The Hall–Kier alpha value is -2.24. The average Bonchev–Trinajstić information content (AvgIpc) is 3.32. The SMILES string of the molecule is CC(O)C(N)C(=O)N1CCCC1C(=O)N1CCCC1C(=O)NC(CO)C(N)=O. The highest BCUT2D eigenvalue weighted by Crippen LogP contribution is 2.25. The number of likely N-dealkylation sites (tertiary alicyclic amines) is 2. The fraction of sp³-hybridized carbons (Fsp3) is 0.765. The lowest BCUT2D eigenvalue weighted by molar-refractivity contribution is -0.148. The van der Waals surface area contributed by atoms with Gasteiger partial charge in [0.15, 0.2) is 0 Å². The molecule has 5 atom stereocenters. The average molecular weight is 399 g/mol. The highest BCUT2D eigenvalue weighted by atomic mass is 16.3. The molecule has 2 rings (SSSR count). The maximum Gasteiger partial charge on any atom is 0.246 e.